The first-order valence-corrected chi connectivity index (χ1v) is 5.01. The van der Waals surface area contributed by atoms with Crippen LogP contribution in [0.4, 0.5) is 0 Å². The maximum atomic E-state index is 11.5. The molecule has 1 aliphatic rings. The first-order chi connectivity index (χ1) is 6.77. The topological polar surface area (TPSA) is 31.2 Å². The van der Waals surface area contributed by atoms with Gasteiger partial charge < -0.3 is 4.74 Å². The summed E-state index contributed by atoms with van der Waals surface area (Å²) in [6.07, 6.45) is 4.33. The van der Waals surface area contributed by atoms with Crippen molar-refractivity contribution in [1.29, 1.82) is 0 Å². The molecule has 0 aromatic carbocycles. The van der Waals surface area contributed by atoms with Crippen molar-refractivity contribution in [3.63, 3.8) is 0 Å². The van der Waals surface area contributed by atoms with Crippen LogP contribution in [0.15, 0.2) is 23.1 Å². The Kier molecular flexibility index (Phi) is 2.68. The summed E-state index contributed by atoms with van der Waals surface area (Å²) < 4.78 is 7.05. The van der Waals surface area contributed by atoms with Crippen LogP contribution >= 0.6 is 0 Å². The van der Waals surface area contributed by atoms with Crippen LogP contribution in [0, 0.1) is 12.8 Å². The number of pyridine rings is 1. The van der Waals surface area contributed by atoms with E-state index in [2.05, 4.69) is 0 Å². The normalized spacial score (nSPS) is 15.8. The molecule has 14 heavy (non-hydrogen) atoms. The van der Waals surface area contributed by atoms with Crippen LogP contribution in [0.25, 0.3) is 0 Å². The highest BCUT2D eigenvalue weighted by atomic mass is 16.5. The Morgan fingerprint density at radius 1 is 1.57 bits per heavy atom. The van der Waals surface area contributed by atoms with E-state index in [1.54, 1.807) is 10.8 Å². The van der Waals surface area contributed by atoms with Crippen LogP contribution in [0.5, 0.6) is 0 Å². The van der Waals surface area contributed by atoms with Gasteiger partial charge >= 0.3 is 0 Å². The van der Waals surface area contributed by atoms with Crippen LogP contribution in [-0.2, 0) is 11.5 Å². The van der Waals surface area contributed by atoms with E-state index >= 15 is 0 Å². The number of ether oxygens (including phenoxy) is 1. The fraction of sp³-hybridized carbons (Fsp3) is 0.545. The Labute approximate surface area is 83.3 Å². The zero-order chi connectivity index (χ0) is 9.97. The van der Waals surface area contributed by atoms with E-state index in [0.29, 0.717) is 6.73 Å². The van der Waals surface area contributed by atoms with Gasteiger partial charge in [-0.3, -0.25) is 9.36 Å². The largest absolute Gasteiger partial charge is 0.360 e. The highest BCUT2D eigenvalue weighted by Gasteiger charge is 2.21. The fourth-order valence-corrected chi connectivity index (χ4v) is 1.36. The molecule has 0 N–H and O–H groups in total. The number of aromatic nitrogens is 1. The number of rotatable bonds is 4. The van der Waals surface area contributed by atoms with Crippen molar-refractivity contribution in [3.05, 3.63) is 34.2 Å². The van der Waals surface area contributed by atoms with Crippen molar-refractivity contribution in [3.8, 4) is 0 Å². The molecular weight excluding hydrogens is 178 g/mol. The molecule has 1 aliphatic carbocycles. The zero-order valence-corrected chi connectivity index (χ0v) is 8.40. The molecule has 0 radical (unpaired) electrons. The van der Waals surface area contributed by atoms with Gasteiger partial charge in [-0.2, -0.15) is 0 Å². The maximum absolute atomic E-state index is 11.5. The summed E-state index contributed by atoms with van der Waals surface area (Å²) in [6.45, 7) is 3.00. The number of aryl methyl sites for hydroxylation is 1. The minimum absolute atomic E-state index is 0.0447. The van der Waals surface area contributed by atoms with Gasteiger partial charge in [-0.15, -0.1) is 0 Å². The van der Waals surface area contributed by atoms with E-state index in [0.717, 1.165) is 18.1 Å². The Bertz CT molecular complexity index is 366. The van der Waals surface area contributed by atoms with Gasteiger partial charge in [-0.1, -0.05) is 6.07 Å². The predicted octanol–water partition coefficient (Wildman–Crippen LogP) is 1.54. The van der Waals surface area contributed by atoms with E-state index < -0.39 is 0 Å². The molecule has 1 aromatic rings. The SMILES string of the molecule is Cc1cccn(COCC2CC2)c1=O. The molecule has 0 amide bonds. The van der Waals surface area contributed by atoms with Gasteiger partial charge in [0.15, 0.2) is 0 Å². The lowest BCUT2D eigenvalue weighted by atomic mass is 10.3. The summed E-state index contributed by atoms with van der Waals surface area (Å²) in [5, 5.41) is 0. The Morgan fingerprint density at radius 2 is 2.36 bits per heavy atom. The van der Waals surface area contributed by atoms with Gasteiger partial charge in [-0.25, -0.2) is 0 Å². The second kappa shape index (κ2) is 3.96. The molecule has 0 atom stereocenters. The minimum Gasteiger partial charge on any atom is -0.360 e. The van der Waals surface area contributed by atoms with Gasteiger partial charge in [0.1, 0.15) is 6.73 Å². The van der Waals surface area contributed by atoms with Crippen LogP contribution < -0.4 is 5.56 Å². The smallest absolute Gasteiger partial charge is 0.255 e. The second-order valence-electron chi connectivity index (χ2n) is 3.91. The summed E-state index contributed by atoms with van der Waals surface area (Å²) >= 11 is 0. The lowest BCUT2D eigenvalue weighted by Gasteiger charge is -2.06. The van der Waals surface area contributed by atoms with Crippen LogP contribution in [0.3, 0.4) is 0 Å². The third-order valence-corrected chi connectivity index (χ3v) is 2.49. The number of hydrogen-bond acceptors (Lipinski definition) is 2. The molecule has 3 heteroatoms. The Balaban J connectivity index is 1.94. The molecule has 0 unspecified atom stereocenters. The van der Waals surface area contributed by atoms with Gasteiger partial charge in [0.25, 0.3) is 5.56 Å². The maximum Gasteiger partial charge on any atom is 0.255 e. The second-order valence-corrected chi connectivity index (χ2v) is 3.91. The zero-order valence-electron chi connectivity index (χ0n) is 8.40. The Morgan fingerprint density at radius 3 is 3.07 bits per heavy atom. The third kappa shape index (κ3) is 2.23. The van der Waals surface area contributed by atoms with Gasteiger partial charge in [0.2, 0.25) is 0 Å². The molecule has 1 fully saturated rings. The number of hydrogen-bond donors (Lipinski definition) is 0. The molecule has 0 bridgehead atoms. The molecule has 1 saturated carbocycles. The van der Waals surface area contributed by atoms with Crippen molar-refractivity contribution >= 4 is 0 Å². The molecule has 2 rings (SSSR count). The van der Waals surface area contributed by atoms with Crippen molar-refractivity contribution in [1.82, 2.24) is 4.57 Å². The summed E-state index contributed by atoms with van der Waals surface area (Å²) in [4.78, 5) is 11.5. The highest BCUT2D eigenvalue weighted by Crippen LogP contribution is 2.28. The average Bonchev–Trinajstić information content (AvgIpc) is 2.96. The van der Waals surface area contributed by atoms with Gasteiger partial charge in [0.05, 0.1) is 6.61 Å². The van der Waals surface area contributed by atoms with E-state index in [1.165, 1.54) is 12.8 Å². The lowest BCUT2D eigenvalue weighted by Crippen LogP contribution is -2.22. The Hall–Kier alpha value is -1.09. The minimum atomic E-state index is 0.0447. The van der Waals surface area contributed by atoms with Gasteiger partial charge in [-0.05, 0) is 31.7 Å². The van der Waals surface area contributed by atoms with E-state index in [4.69, 9.17) is 4.74 Å². The molecular formula is C11H15NO2. The van der Waals surface area contributed by atoms with E-state index in [9.17, 15) is 4.79 Å². The van der Waals surface area contributed by atoms with Crippen LogP contribution in [0.1, 0.15) is 18.4 Å². The lowest BCUT2D eigenvalue weighted by molar-refractivity contribution is 0.0666. The summed E-state index contributed by atoms with van der Waals surface area (Å²) in [6, 6.07) is 3.69. The van der Waals surface area contributed by atoms with Crippen LogP contribution in [-0.4, -0.2) is 11.2 Å². The summed E-state index contributed by atoms with van der Waals surface area (Å²) in [7, 11) is 0. The van der Waals surface area contributed by atoms with Gasteiger partial charge in [0, 0.05) is 11.8 Å². The first kappa shape index (κ1) is 9.46. The molecule has 76 valence electrons. The highest BCUT2D eigenvalue weighted by molar-refractivity contribution is 5.07. The van der Waals surface area contributed by atoms with E-state index in [1.807, 2.05) is 19.1 Å². The van der Waals surface area contributed by atoms with Crippen molar-refractivity contribution < 1.29 is 4.74 Å². The molecule has 0 saturated heterocycles. The first-order valence-electron chi connectivity index (χ1n) is 5.01. The third-order valence-electron chi connectivity index (χ3n) is 2.49. The molecule has 0 aliphatic heterocycles. The summed E-state index contributed by atoms with van der Waals surface area (Å²) in [5.74, 6) is 0.746. The van der Waals surface area contributed by atoms with E-state index in [-0.39, 0.29) is 5.56 Å². The van der Waals surface area contributed by atoms with Crippen molar-refractivity contribution in [2.75, 3.05) is 6.61 Å². The van der Waals surface area contributed by atoms with Crippen LogP contribution in [0.2, 0.25) is 0 Å². The fourth-order valence-electron chi connectivity index (χ4n) is 1.36. The molecule has 0 spiro atoms. The molecule has 1 heterocycles. The standard InChI is InChI=1S/C11H15NO2/c1-9-3-2-6-12(11(9)13)8-14-7-10-4-5-10/h2-3,6,10H,4-5,7-8H2,1H3. The molecule has 3 nitrogen and oxygen atoms in total. The average molecular weight is 193 g/mol. The van der Waals surface area contributed by atoms with Crippen molar-refractivity contribution in [2.45, 2.75) is 26.5 Å². The monoisotopic (exact) mass is 193 g/mol. The quantitative estimate of drug-likeness (QED) is 0.726. The molecule has 1 aromatic heterocycles. The summed E-state index contributed by atoms with van der Waals surface area (Å²) in [5.41, 5.74) is 0.811. The van der Waals surface area contributed by atoms with Crippen molar-refractivity contribution in [2.24, 2.45) is 5.92 Å². The number of nitrogens with zero attached hydrogens (tertiary/aromatic N) is 1. The predicted molar refractivity (Wildman–Crippen MR) is 54.1 cm³/mol.